The number of benzene rings is 2. The summed E-state index contributed by atoms with van der Waals surface area (Å²) < 4.78 is 5.55. The summed E-state index contributed by atoms with van der Waals surface area (Å²) in [6.45, 7) is 2.17. The third kappa shape index (κ3) is 4.64. The molecule has 1 fully saturated rings. The van der Waals surface area contributed by atoms with Crippen LogP contribution in [-0.4, -0.2) is 40.7 Å². The number of thiazole rings is 1. The molecule has 8 nitrogen and oxygen atoms in total. The summed E-state index contributed by atoms with van der Waals surface area (Å²) in [4.78, 5) is 41.0. The summed E-state index contributed by atoms with van der Waals surface area (Å²) in [5.74, 6) is -1.56. The van der Waals surface area contributed by atoms with Gasteiger partial charge in [0.25, 0.3) is 5.91 Å². The molecule has 1 aromatic heterocycles. The maximum atomic E-state index is 12.5. The molecule has 1 heterocycles. The van der Waals surface area contributed by atoms with Crippen LogP contribution < -0.4 is 10.6 Å². The van der Waals surface area contributed by atoms with Gasteiger partial charge in [0.15, 0.2) is 0 Å². The number of aliphatic carboxylic acids is 1. The van der Waals surface area contributed by atoms with Crippen LogP contribution in [0.25, 0.3) is 11.1 Å². The third-order valence-corrected chi connectivity index (χ3v) is 7.58. The normalized spacial score (nSPS) is 18.2. The summed E-state index contributed by atoms with van der Waals surface area (Å²) in [6.07, 6.45) is 0.320. The third-order valence-electron chi connectivity index (χ3n) is 6.61. The Balaban J connectivity index is 1.14. The molecule has 2 amide bonds. The first-order chi connectivity index (χ1) is 16.9. The number of fused-ring (bicyclic) bond motifs is 3. The van der Waals surface area contributed by atoms with Crippen LogP contribution in [0.15, 0.2) is 48.5 Å². The number of amides is 2. The van der Waals surface area contributed by atoms with Crippen molar-refractivity contribution < 1.29 is 24.2 Å². The largest absolute Gasteiger partial charge is 0.481 e. The average molecular weight is 492 g/mol. The van der Waals surface area contributed by atoms with Gasteiger partial charge in [-0.05, 0) is 42.0 Å². The lowest BCUT2D eigenvalue weighted by Crippen LogP contribution is -2.46. The molecule has 0 bridgehead atoms. The number of ether oxygens (including phenoxy) is 1. The number of hydrogen-bond donors (Lipinski definition) is 3. The minimum Gasteiger partial charge on any atom is -0.481 e. The number of aromatic nitrogens is 1. The summed E-state index contributed by atoms with van der Waals surface area (Å²) in [5, 5.41) is 15.1. The van der Waals surface area contributed by atoms with Gasteiger partial charge in [0.05, 0.1) is 12.5 Å². The summed E-state index contributed by atoms with van der Waals surface area (Å²) >= 11 is 1.33. The van der Waals surface area contributed by atoms with Crippen LogP contribution in [0.5, 0.6) is 0 Å². The van der Waals surface area contributed by atoms with Gasteiger partial charge in [0.2, 0.25) is 0 Å². The van der Waals surface area contributed by atoms with Crippen LogP contribution in [0.1, 0.15) is 50.3 Å². The van der Waals surface area contributed by atoms with Crippen LogP contribution in [0.3, 0.4) is 0 Å². The number of rotatable bonds is 7. The second-order valence-corrected chi connectivity index (χ2v) is 10.2. The monoisotopic (exact) mass is 491 g/mol. The van der Waals surface area contributed by atoms with E-state index >= 15 is 0 Å². The predicted octanol–water partition coefficient (Wildman–Crippen LogP) is 4.08. The van der Waals surface area contributed by atoms with Crippen LogP contribution in [0.4, 0.5) is 4.79 Å². The molecule has 0 radical (unpaired) electrons. The Morgan fingerprint density at radius 1 is 1.06 bits per heavy atom. The van der Waals surface area contributed by atoms with E-state index in [1.165, 1.54) is 22.5 Å². The molecule has 3 aromatic rings. The number of carboxylic acids is 1. The fraction of sp³-hybridized carbons (Fsp3) is 0.308. The molecular weight excluding hydrogens is 466 g/mol. The van der Waals surface area contributed by atoms with Crippen LogP contribution >= 0.6 is 11.3 Å². The van der Waals surface area contributed by atoms with E-state index in [4.69, 9.17) is 9.84 Å². The van der Waals surface area contributed by atoms with Crippen molar-refractivity contribution in [1.82, 2.24) is 15.6 Å². The first-order valence-electron chi connectivity index (χ1n) is 11.5. The molecule has 0 aliphatic heterocycles. The smallest absolute Gasteiger partial charge is 0.407 e. The zero-order valence-electron chi connectivity index (χ0n) is 19.1. The Morgan fingerprint density at radius 2 is 1.69 bits per heavy atom. The van der Waals surface area contributed by atoms with Crippen molar-refractivity contribution in [2.75, 3.05) is 6.61 Å². The van der Waals surface area contributed by atoms with Gasteiger partial charge in [-0.3, -0.25) is 9.59 Å². The number of aryl methyl sites for hydroxylation is 1. The first kappa shape index (κ1) is 23.0. The topological polar surface area (TPSA) is 118 Å². The lowest BCUT2D eigenvalue weighted by Gasteiger charge is -2.32. The van der Waals surface area contributed by atoms with Gasteiger partial charge in [0.1, 0.15) is 17.3 Å². The van der Waals surface area contributed by atoms with E-state index < -0.39 is 18.0 Å². The number of nitrogens with zero attached hydrogens (tertiary/aromatic N) is 1. The van der Waals surface area contributed by atoms with Crippen molar-refractivity contribution in [2.45, 2.75) is 38.3 Å². The van der Waals surface area contributed by atoms with E-state index in [2.05, 4.69) is 39.9 Å². The van der Waals surface area contributed by atoms with Crippen LogP contribution in [0.2, 0.25) is 0 Å². The summed E-state index contributed by atoms with van der Waals surface area (Å²) in [6, 6.07) is 16.2. The van der Waals surface area contributed by atoms with Gasteiger partial charge in [-0.1, -0.05) is 48.5 Å². The highest BCUT2D eigenvalue weighted by atomic mass is 32.1. The molecule has 0 atom stereocenters. The molecular formula is C26H25N3O5S. The van der Waals surface area contributed by atoms with Crippen molar-refractivity contribution in [1.29, 1.82) is 0 Å². The number of nitrogens with one attached hydrogen (secondary N) is 2. The predicted molar refractivity (Wildman–Crippen MR) is 130 cm³/mol. The second-order valence-electron chi connectivity index (χ2n) is 8.87. The number of carboxylic acid groups (broad SMARTS) is 1. The van der Waals surface area contributed by atoms with Gasteiger partial charge < -0.3 is 20.5 Å². The van der Waals surface area contributed by atoms with Gasteiger partial charge in [-0.15, -0.1) is 11.3 Å². The zero-order valence-corrected chi connectivity index (χ0v) is 19.9. The molecule has 2 aliphatic carbocycles. The molecule has 0 unspecified atom stereocenters. The Labute approximate surface area is 206 Å². The highest BCUT2D eigenvalue weighted by molar-refractivity contribution is 7.11. The van der Waals surface area contributed by atoms with Gasteiger partial charge in [0, 0.05) is 16.8 Å². The van der Waals surface area contributed by atoms with Gasteiger partial charge >= 0.3 is 12.1 Å². The second kappa shape index (κ2) is 9.50. The maximum absolute atomic E-state index is 12.5. The molecule has 2 aliphatic rings. The first-order valence-corrected chi connectivity index (χ1v) is 12.3. The van der Waals surface area contributed by atoms with Crippen molar-refractivity contribution in [3.05, 3.63) is 75.2 Å². The number of alkyl carbamates (subject to hydrolysis) is 1. The minimum atomic E-state index is -0.832. The Kier molecular flexibility index (Phi) is 6.25. The van der Waals surface area contributed by atoms with Crippen molar-refractivity contribution in [3.8, 4) is 11.1 Å². The highest BCUT2D eigenvalue weighted by Gasteiger charge is 2.36. The van der Waals surface area contributed by atoms with E-state index in [-0.39, 0.29) is 31.0 Å². The van der Waals surface area contributed by atoms with Gasteiger partial charge in [-0.25, -0.2) is 9.78 Å². The van der Waals surface area contributed by atoms with Crippen LogP contribution in [-0.2, 0) is 16.1 Å². The number of carbonyl (C=O) groups is 3. The molecule has 0 spiro atoms. The lowest BCUT2D eigenvalue weighted by atomic mass is 9.80. The fourth-order valence-corrected chi connectivity index (χ4v) is 5.60. The standard InChI is InChI=1S/C26H25N3O5S/c1-14-23(24(30)28-16-10-15(11-16)25(31)32)29-22(35-14)12-27-26(33)34-13-21-19-8-4-2-6-17(19)18-7-3-5-9-20(18)21/h2-9,15-16,21H,10-13H2,1H3,(H,27,33)(H,28,30)(H,31,32). The highest BCUT2D eigenvalue weighted by Crippen LogP contribution is 2.44. The fourth-order valence-electron chi connectivity index (χ4n) is 4.73. The molecule has 35 heavy (non-hydrogen) atoms. The van der Waals surface area contributed by atoms with Crippen molar-refractivity contribution in [2.24, 2.45) is 5.92 Å². The minimum absolute atomic E-state index is 0.0159. The Morgan fingerprint density at radius 3 is 2.31 bits per heavy atom. The van der Waals surface area contributed by atoms with E-state index in [0.29, 0.717) is 23.5 Å². The van der Waals surface area contributed by atoms with E-state index in [1.807, 2.05) is 24.3 Å². The summed E-state index contributed by atoms with van der Waals surface area (Å²) in [5.41, 5.74) is 4.93. The van der Waals surface area contributed by atoms with Gasteiger partial charge in [-0.2, -0.15) is 0 Å². The van der Waals surface area contributed by atoms with E-state index in [1.54, 1.807) is 6.92 Å². The molecule has 3 N–H and O–H groups in total. The SMILES string of the molecule is Cc1sc(CNC(=O)OCC2c3ccccc3-c3ccccc32)nc1C(=O)NC1CC(C(=O)O)C1. The Bertz CT molecular complexity index is 1250. The zero-order chi connectivity index (χ0) is 24.5. The van der Waals surface area contributed by atoms with Crippen LogP contribution in [0, 0.1) is 12.8 Å². The maximum Gasteiger partial charge on any atom is 0.407 e. The van der Waals surface area contributed by atoms with E-state index in [0.717, 1.165) is 16.0 Å². The molecule has 180 valence electrons. The summed E-state index contributed by atoms with van der Waals surface area (Å²) in [7, 11) is 0. The number of hydrogen-bond acceptors (Lipinski definition) is 6. The molecule has 0 saturated heterocycles. The van der Waals surface area contributed by atoms with E-state index in [9.17, 15) is 14.4 Å². The average Bonchev–Trinajstić information content (AvgIpc) is 3.35. The molecule has 1 saturated carbocycles. The molecule has 5 rings (SSSR count). The number of carbonyl (C=O) groups excluding carboxylic acids is 2. The van der Waals surface area contributed by atoms with Crippen molar-refractivity contribution in [3.63, 3.8) is 0 Å². The van der Waals surface area contributed by atoms with Crippen molar-refractivity contribution >= 4 is 29.3 Å². The lowest BCUT2D eigenvalue weighted by molar-refractivity contribution is -0.145. The Hall–Kier alpha value is -3.72. The quantitative estimate of drug-likeness (QED) is 0.458. The molecule has 9 heteroatoms. The molecule has 2 aromatic carbocycles.